The fourth-order valence-corrected chi connectivity index (χ4v) is 6.43. The molecule has 9 heteroatoms. The molecule has 186 valence electrons. The van der Waals surface area contributed by atoms with Gasteiger partial charge in [-0.05, 0) is 60.1 Å². The summed E-state index contributed by atoms with van der Waals surface area (Å²) in [6.07, 6.45) is 5.00. The second kappa shape index (κ2) is 9.72. The molecule has 2 aliphatic heterocycles. The SMILES string of the molecule is CC(C)c1ccc(S(=O)(=O)N2CCC(c3ccn4ncc(C(=O)N5CCOCC5)c4c3)CC2)cc1. The second-order valence-corrected chi connectivity index (χ2v) is 11.6. The molecular weight excluding hydrogens is 464 g/mol. The minimum Gasteiger partial charge on any atom is -0.378 e. The normalized spacial score (nSPS) is 18.4. The van der Waals surface area contributed by atoms with Crippen molar-refractivity contribution in [3.63, 3.8) is 0 Å². The van der Waals surface area contributed by atoms with Gasteiger partial charge in [0.05, 0.1) is 35.4 Å². The minimum absolute atomic E-state index is 0.0233. The zero-order valence-electron chi connectivity index (χ0n) is 20.3. The van der Waals surface area contributed by atoms with Gasteiger partial charge in [0.15, 0.2) is 0 Å². The standard InChI is InChI=1S/C26H32N4O4S/c1-19(2)20-3-5-23(6-4-20)35(32,33)29-10-7-21(8-11-29)22-9-12-30-25(17-22)24(18-27-30)26(31)28-13-15-34-16-14-28/h3-6,9,12,17-19,21H,7-8,10-11,13-16H2,1-2H3. The van der Waals surface area contributed by atoms with Crippen molar-refractivity contribution in [2.75, 3.05) is 39.4 Å². The van der Waals surface area contributed by atoms with Crippen molar-refractivity contribution in [3.05, 3.63) is 65.5 Å². The lowest BCUT2D eigenvalue weighted by molar-refractivity contribution is 0.0304. The molecule has 2 aliphatic rings. The zero-order chi connectivity index (χ0) is 24.6. The Morgan fingerprint density at radius 1 is 1.03 bits per heavy atom. The molecule has 3 aromatic rings. The summed E-state index contributed by atoms with van der Waals surface area (Å²) in [6.45, 7) is 7.42. The van der Waals surface area contributed by atoms with Crippen LogP contribution in [0.4, 0.5) is 0 Å². The molecular formula is C26H32N4O4S. The molecule has 1 amide bonds. The molecule has 0 N–H and O–H groups in total. The number of aromatic nitrogens is 2. The summed E-state index contributed by atoms with van der Waals surface area (Å²) < 4.78 is 35.1. The number of rotatable bonds is 5. The molecule has 0 bridgehead atoms. The Morgan fingerprint density at radius 2 is 1.71 bits per heavy atom. The number of benzene rings is 1. The van der Waals surface area contributed by atoms with E-state index in [4.69, 9.17) is 4.74 Å². The van der Waals surface area contributed by atoms with Crippen LogP contribution in [-0.4, -0.2) is 72.5 Å². The summed E-state index contributed by atoms with van der Waals surface area (Å²) in [5, 5.41) is 4.37. The monoisotopic (exact) mass is 496 g/mol. The zero-order valence-corrected chi connectivity index (χ0v) is 21.1. The molecule has 0 spiro atoms. The number of hydrogen-bond donors (Lipinski definition) is 0. The summed E-state index contributed by atoms with van der Waals surface area (Å²) in [7, 11) is -3.51. The third-order valence-corrected chi connectivity index (χ3v) is 9.10. The van der Waals surface area contributed by atoms with Gasteiger partial charge in [0, 0.05) is 32.4 Å². The number of nitrogens with zero attached hydrogens (tertiary/aromatic N) is 4. The Balaban J connectivity index is 1.30. The molecule has 5 rings (SSSR count). The molecule has 1 aromatic carbocycles. The highest BCUT2D eigenvalue weighted by Gasteiger charge is 2.30. The van der Waals surface area contributed by atoms with E-state index in [1.165, 1.54) is 0 Å². The van der Waals surface area contributed by atoms with Crippen LogP contribution in [0.1, 0.15) is 60.0 Å². The fourth-order valence-electron chi connectivity index (χ4n) is 4.96. The van der Waals surface area contributed by atoms with Gasteiger partial charge in [0.2, 0.25) is 10.0 Å². The van der Waals surface area contributed by atoms with Crippen molar-refractivity contribution < 1.29 is 17.9 Å². The number of pyridine rings is 1. The first-order valence-corrected chi connectivity index (χ1v) is 13.7. The highest BCUT2D eigenvalue weighted by Crippen LogP contribution is 2.32. The van der Waals surface area contributed by atoms with Gasteiger partial charge < -0.3 is 9.64 Å². The predicted octanol–water partition coefficient (Wildman–Crippen LogP) is 3.50. The molecule has 4 heterocycles. The van der Waals surface area contributed by atoms with E-state index in [1.54, 1.807) is 27.2 Å². The quantitative estimate of drug-likeness (QED) is 0.540. The highest BCUT2D eigenvalue weighted by atomic mass is 32.2. The maximum Gasteiger partial charge on any atom is 0.257 e. The average molecular weight is 497 g/mol. The van der Waals surface area contributed by atoms with Crippen molar-refractivity contribution in [2.45, 2.75) is 43.4 Å². The number of carbonyl (C=O) groups excluding carboxylic acids is 1. The maximum absolute atomic E-state index is 13.2. The van der Waals surface area contributed by atoms with Gasteiger partial charge in [-0.15, -0.1) is 0 Å². The number of fused-ring (bicyclic) bond motifs is 1. The Labute approximate surface area is 206 Å². The van der Waals surface area contributed by atoms with Crippen LogP contribution in [0, 0.1) is 0 Å². The smallest absolute Gasteiger partial charge is 0.257 e. The van der Waals surface area contributed by atoms with Gasteiger partial charge in [-0.2, -0.15) is 9.40 Å². The van der Waals surface area contributed by atoms with E-state index >= 15 is 0 Å². The van der Waals surface area contributed by atoms with Gasteiger partial charge in [-0.1, -0.05) is 26.0 Å². The van der Waals surface area contributed by atoms with Gasteiger partial charge in [0.25, 0.3) is 5.91 Å². The van der Waals surface area contributed by atoms with Crippen LogP contribution in [0.25, 0.3) is 5.52 Å². The number of hydrogen-bond acceptors (Lipinski definition) is 5. The van der Waals surface area contributed by atoms with E-state index in [2.05, 4.69) is 18.9 Å². The first-order valence-electron chi connectivity index (χ1n) is 12.3. The van der Waals surface area contributed by atoms with Gasteiger partial charge in [-0.25, -0.2) is 12.9 Å². The van der Waals surface area contributed by atoms with Crippen LogP contribution in [0.2, 0.25) is 0 Å². The summed E-state index contributed by atoms with van der Waals surface area (Å²) in [5.74, 6) is 0.571. The number of ether oxygens (including phenoxy) is 1. The number of amides is 1. The maximum atomic E-state index is 13.2. The van der Waals surface area contributed by atoms with Crippen molar-refractivity contribution in [3.8, 4) is 0 Å². The molecule has 35 heavy (non-hydrogen) atoms. The predicted molar refractivity (Wildman–Crippen MR) is 133 cm³/mol. The van der Waals surface area contributed by atoms with E-state index < -0.39 is 10.0 Å². The van der Waals surface area contributed by atoms with E-state index in [-0.39, 0.29) is 11.8 Å². The number of piperidine rings is 1. The largest absolute Gasteiger partial charge is 0.378 e. The number of carbonyl (C=O) groups is 1. The highest BCUT2D eigenvalue weighted by molar-refractivity contribution is 7.89. The van der Waals surface area contributed by atoms with Crippen molar-refractivity contribution in [2.24, 2.45) is 0 Å². The topological polar surface area (TPSA) is 84.2 Å². The first kappa shape index (κ1) is 24.0. The Morgan fingerprint density at radius 3 is 2.37 bits per heavy atom. The Bertz CT molecular complexity index is 1300. The molecule has 2 saturated heterocycles. The molecule has 0 atom stereocenters. The molecule has 2 aromatic heterocycles. The van der Waals surface area contributed by atoms with E-state index in [1.807, 2.05) is 35.4 Å². The molecule has 0 aliphatic carbocycles. The van der Waals surface area contributed by atoms with Gasteiger partial charge in [0.1, 0.15) is 0 Å². The van der Waals surface area contributed by atoms with E-state index in [0.717, 1.165) is 29.5 Å². The molecule has 0 unspecified atom stereocenters. The molecule has 0 saturated carbocycles. The average Bonchev–Trinajstić information content (AvgIpc) is 3.32. The van der Waals surface area contributed by atoms with Crippen molar-refractivity contribution in [1.29, 1.82) is 0 Å². The lowest BCUT2D eigenvalue weighted by Gasteiger charge is -2.31. The van der Waals surface area contributed by atoms with Crippen LogP contribution >= 0.6 is 0 Å². The van der Waals surface area contributed by atoms with Crippen LogP contribution < -0.4 is 0 Å². The minimum atomic E-state index is -3.51. The van der Waals surface area contributed by atoms with Crippen LogP contribution in [0.3, 0.4) is 0 Å². The summed E-state index contributed by atoms with van der Waals surface area (Å²) in [4.78, 5) is 15.2. The molecule has 2 fully saturated rings. The Kier molecular flexibility index (Phi) is 6.65. The number of morpholine rings is 1. The second-order valence-electron chi connectivity index (χ2n) is 9.65. The number of sulfonamides is 1. The van der Waals surface area contributed by atoms with E-state index in [9.17, 15) is 13.2 Å². The van der Waals surface area contributed by atoms with Crippen LogP contribution in [0.5, 0.6) is 0 Å². The van der Waals surface area contributed by atoms with Crippen molar-refractivity contribution >= 4 is 21.4 Å². The first-order chi connectivity index (χ1) is 16.8. The third kappa shape index (κ3) is 4.72. The lowest BCUT2D eigenvalue weighted by Crippen LogP contribution is -2.40. The third-order valence-electron chi connectivity index (χ3n) is 7.18. The lowest BCUT2D eigenvalue weighted by atomic mass is 9.90. The van der Waals surface area contributed by atoms with Crippen LogP contribution in [-0.2, 0) is 14.8 Å². The fraction of sp³-hybridized carbons (Fsp3) is 0.462. The Hall–Kier alpha value is -2.75. The van der Waals surface area contributed by atoms with E-state index in [0.29, 0.717) is 55.8 Å². The van der Waals surface area contributed by atoms with Gasteiger partial charge >= 0.3 is 0 Å². The van der Waals surface area contributed by atoms with Crippen LogP contribution in [0.15, 0.2) is 53.7 Å². The summed E-state index contributed by atoms with van der Waals surface area (Å²) >= 11 is 0. The molecule has 8 nitrogen and oxygen atoms in total. The summed E-state index contributed by atoms with van der Waals surface area (Å²) in [5.41, 5.74) is 3.63. The summed E-state index contributed by atoms with van der Waals surface area (Å²) in [6, 6.07) is 11.3. The van der Waals surface area contributed by atoms with Crippen molar-refractivity contribution in [1.82, 2.24) is 18.8 Å². The molecule has 0 radical (unpaired) electrons. The van der Waals surface area contributed by atoms with Gasteiger partial charge in [-0.3, -0.25) is 4.79 Å².